The predicted octanol–water partition coefficient (Wildman–Crippen LogP) is 4.84. The van der Waals surface area contributed by atoms with Crippen molar-refractivity contribution in [1.29, 1.82) is 5.26 Å². The summed E-state index contributed by atoms with van der Waals surface area (Å²) in [7, 11) is 0. The number of ether oxygens (including phenoxy) is 1. The number of likely N-dealkylation sites (tertiary alicyclic amines) is 1. The lowest BCUT2D eigenvalue weighted by atomic mass is 9.81. The lowest BCUT2D eigenvalue weighted by molar-refractivity contribution is 0.0180. The number of nitrogens with zero attached hydrogens (tertiary/aromatic N) is 2. The van der Waals surface area contributed by atoms with Crippen molar-refractivity contribution in [3.05, 3.63) is 34.1 Å². The van der Waals surface area contributed by atoms with E-state index in [4.69, 9.17) is 4.74 Å². The summed E-state index contributed by atoms with van der Waals surface area (Å²) in [6, 6.07) is 7.12. The Morgan fingerprint density at radius 2 is 2.04 bits per heavy atom. The third kappa shape index (κ3) is 4.70. The number of amides is 1. The number of hydrogen-bond donors (Lipinski definition) is 0. The maximum atomic E-state index is 13.7. The van der Waals surface area contributed by atoms with Gasteiger partial charge in [-0.25, -0.2) is 9.18 Å². The van der Waals surface area contributed by atoms with Gasteiger partial charge in [-0.05, 0) is 73.2 Å². The van der Waals surface area contributed by atoms with Crippen LogP contribution in [0.1, 0.15) is 45.1 Å². The topological polar surface area (TPSA) is 53.3 Å². The van der Waals surface area contributed by atoms with Crippen LogP contribution in [0.5, 0.6) is 0 Å². The summed E-state index contributed by atoms with van der Waals surface area (Å²) in [5.41, 5.74) is 0.173. The molecule has 2 rings (SSSR count). The van der Waals surface area contributed by atoms with E-state index >= 15 is 0 Å². The Balaban J connectivity index is 2.01. The minimum absolute atomic E-state index is 0.106. The van der Waals surface area contributed by atoms with Crippen LogP contribution in [0, 0.1) is 23.1 Å². The minimum Gasteiger partial charge on any atom is -0.444 e. The molecule has 24 heavy (non-hydrogen) atoms. The first-order chi connectivity index (χ1) is 11.2. The maximum absolute atomic E-state index is 13.7. The van der Waals surface area contributed by atoms with Crippen molar-refractivity contribution in [3.63, 3.8) is 0 Å². The van der Waals surface area contributed by atoms with Gasteiger partial charge >= 0.3 is 6.09 Å². The van der Waals surface area contributed by atoms with Crippen molar-refractivity contribution in [2.24, 2.45) is 5.92 Å². The molecule has 4 nitrogen and oxygen atoms in total. The largest absolute Gasteiger partial charge is 0.444 e. The van der Waals surface area contributed by atoms with Gasteiger partial charge in [0, 0.05) is 13.1 Å². The summed E-state index contributed by atoms with van der Waals surface area (Å²) in [5.74, 6) is -0.624. The standard InChI is InChI=1S/C18H22BrFN2O2/c1-18(2,3)24-17(23)22-8-6-12(7-9-22)14(11-21)13-4-5-15(19)16(20)10-13/h4-5,10,12,14H,6-9H2,1-3H3. The zero-order chi connectivity index (χ0) is 17.9. The number of benzene rings is 1. The second-order valence-electron chi connectivity index (χ2n) is 7.09. The van der Waals surface area contributed by atoms with Crippen LogP contribution < -0.4 is 0 Å². The first kappa shape index (κ1) is 18.7. The number of carbonyl (C=O) groups is 1. The highest BCUT2D eigenvalue weighted by Crippen LogP contribution is 2.34. The van der Waals surface area contributed by atoms with Crippen LogP contribution in [-0.4, -0.2) is 29.7 Å². The van der Waals surface area contributed by atoms with Gasteiger partial charge in [-0.15, -0.1) is 0 Å². The molecule has 0 saturated carbocycles. The molecule has 1 fully saturated rings. The molecule has 1 aromatic carbocycles. The monoisotopic (exact) mass is 396 g/mol. The van der Waals surface area contributed by atoms with Crippen molar-refractivity contribution in [1.82, 2.24) is 4.90 Å². The van der Waals surface area contributed by atoms with Crippen molar-refractivity contribution < 1.29 is 13.9 Å². The fraction of sp³-hybridized carbons (Fsp3) is 0.556. The highest BCUT2D eigenvalue weighted by atomic mass is 79.9. The molecular formula is C18H22BrFN2O2. The molecule has 1 unspecified atom stereocenters. The lowest BCUT2D eigenvalue weighted by Gasteiger charge is -2.35. The third-order valence-electron chi connectivity index (χ3n) is 4.10. The van der Waals surface area contributed by atoms with Crippen LogP contribution in [0.2, 0.25) is 0 Å². The van der Waals surface area contributed by atoms with Crippen molar-refractivity contribution in [2.75, 3.05) is 13.1 Å². The molecule has 1 saturated heterocycles. The van der Waals surface area contributed by atoms with Crippen LogP contribution in [0.25, 0.3) is 0 Å². The van der Waals surface area contributed by atoms with Gasteiger partial charge in [0.2, 0.25) is 0 Å². The number of nitriles is 1. The van der Waals surface area contributed by atoms with E-state index in [-0.39, 0.29) is 23.7 Å². The first-order valence-electron chi connectivity index (χ1n) is 8.04. The Morgan fingerprint density at radius 1 is 1.42 bits per heavy atom. The van der Waals surface area contributed by atoms with Crippen LogP contribution in [0.4, 0.5) is 9.18 Å². The van der Waals surface area contributed by atoms with Gasteiger partial charge in [0.05, 0.1) is 16.5 Å². The second kappa shape index (κ2) is 7.52. The van der Waals surface area contributed by atoms with Crippen molar-refractivity contribution in [2.45, 2.75) is 45.1 Å². The quantitative estimate of drug-likeness (QED) is 0.718. The van der Waals surface area contributed by atoms with Gasteiger partial charge in [-0.2, -0.15) is 5.26 Å². The SMILES string of the molecule is CC(C)(C)OC(=O)N1CCC(C(C#N)c2ccc(Br)c(F)c2)CC1. The van der Waals surface area contributed by atoms with Crippen LogP contribution >= 0.6 is 15.9 Å². The molecule has 6 heteroatoms. The zero-order valence-electron chi connectivity index (χ0n) is 14.2. The van der Waals surface area contributed by atoms with Crippen LogP contribution in [0.3, 0.4) is 0 Å². The van der Waals surface area contributed by atoms with Gasteiger partial charge in [0.25, 0.3) is 0 Å². The first-order valence-corrected chi connectivity index (χ1v) is 8.83. The van der Waals surface area contributed by atoms with E-state index in [0.717, 1.165) is 0 Å². The van der Waals surface area contributed by atoms with E-state index in [1.54, 1.807) is 17.0 Å². The van der Waals surface area contributed by atoms with E-state index in [0.29, 0.717) is 36.0 Å². The molecule has 0 radical (unpaired) electrons. The molecule has 1 amide bonds. The van der Waals surface area contributed by atoms with Gasteiger partial charge < -0.3 is 9.64 Å². The third-order valence-corrected chi connectivity index (χ3v) is 4.75. The Bertz CT molecular complexity index is 643. The summed E-state index contributed by atoms with van der Waals surface area (Å²) in [4.78, 5) is 13.8. The van der Waals surface area contributed by atoms with Crippen molar-refractivity contribution >= 4 is 22.0 Å². The Morgan fingerprint density at radius 3 is 2.54 bits per heavy atom. The Hall–Kier alpha value is -1.61. The number of halogens is 2. The van der Waals surface area contributed by atoms with Gasteiger partial charge in [0.1, 0.15) is 11.4 Å². The minimum atomic E-state index is -0.516. The fourth-order valence-electron chi connectivity index (χ4n) is 2.90. The molecule has 1 atom stereocenters. The zero-order valence-corrected chi connectivity index (χ0v) is 15.8. The highest BCUT2D eigenvalue weighted by molar-refractivity contribution is 9.10. The molecule has 0 aromatic heterocycles. The molecule has 0 spiro atoms. The molecule has 130 valence electrons. The lowest BCUT2D eigenvalue weighted by Crippen LogP contribution is -2.42. The smallest absolute Gasteiger partial charge is 0.410 e. The summed E-state index contributed by atoms with van der Waals surface area (Å²) in [5, 5.41) is 9.53. The normalized spacial score (nSPS) is 17.2. The maximum Gasteiger partial charge on any atom is 0.410 e. The molecule has 0 aliphatic carbocycles. The molecule has 1 heterocycles. The summed E-state index contributed by atoms with van der Waals surface area (Å²) < 4.78 is 19.5. The number of hydrogen-bond acceptors (Lipinski definition) is 3. The predicted molar refractivity (Wildman–Crippen MR) is 93.0 cm³/mol. The summed E-state index contributed by atoms with van der Waals surface area (Å²) in [6.45, 7) is 6.62. The molecule has 1 aliphatic heterocycles. The molecule has 1 aliphatic rings. The van der Waals surface area contributed by atoms with Gasteiger partial charge in [-0.3, -0.25) is 0 Å². The van der Waals surface area contributed by atoms with E-state index in [1.807, 2.05) is 20.8 Å². The molecule has 0 N–H and O–H groups in total. The molecule has 0 bridgehead atoms. The van der Waals surface area contributed by atoms with E-state index in [2.05, 4.69) is 22.0 Å². The van der Waals surface area contributed by atoms with E-state index in [9.17, 15) is 14.4 Å². The average molecular weight is 397 g/mol. The Labute approximate surface area is 150 Å². The average Bonchev–Trinajstić information content (AvgIpc) is 2.50. The number of rotatable bonds is 2. The van der Waals surface area contributed by atoms with E-state index in [1.165, 1.54) is 6.07 Å². The van der Waals surface area contributed by atoms with Gasteiger partial charge in [-0.1, -0.05) is 6.07 Å². The summed E-state index contributed by atoms with van der Waals surface area (Å²) in [6.07, 6.45) is 1.09. The highest BCUT2D eigenvalue weighted by Gasteiger charge is 2.31. The second-order valence-corrected chi connectivity index (χ2v) is 7.94. The molecular weight excluding hydrogens is 375 g/mol. The van der Waals surface area contributed by atoms with Crippen molar-refractivity contribution in [3.8, 4) is 6.07 Å². The molecule has 1 aromatic rings. The fourth-order valence-corrected chi connectivity index (χ4v) is 3.15. The van der Waals surface area contributed by atoms with Gasteiger partial charge in [0.15, 0.2) is 0 Å². The number of piperidine rings is 1. The van der Waals surface area contributed by atoms with E-state index < -0.39 is 5.60 Å². The summed E-state index contributed by atoms with van der Waals surface area (Å²) >= 11 is 3.13. The van der Waals surface area contributed by atoms with Crippen LogP contribution in [-0.2, 0) is 4.74 Å². The Kier molecular flexibility index (Phi) is 5.87. The van der Waals surface area contributed by atoms with Crippen LogP contribution in [0.15, 0.2) is 22.7 Å². The number of carbonyl (C=O) groups excluding carboxylic acids is 1.